The smallest absolute Gasteiger partial charge is 0.257 e. The SMILES string of the molecule is Nc1nc2c(c(=O)[nH]1)CC(Cc1ccccc1)C(=O)N2. The molecule has 0 fully saturated rings. The Morgan fingerprint density at radius 2 is 2.00 bits per heavy atom. The van der Waals surface area contributed by atoms with Crippen LogP contribution >= 0.6 is 0 Å². The number of hydrogen-bond donors (Lipinski definition) is 3. The molecule has 3 rings (SSSR count). The minimum Gasteiger partial charge on any atom is -0.369 e. The Labute approximate surface area is 115 Å². The van der Waals surface area contributed by atoms with Crippen molar-refractivity contribution >= 4 is 17.7 Å². The number of nitrogens with zero attached hydrogens (tertiary/aromatic N) is 1. The maximum atomic E-state index is 12.1. The van der Waals surface area contributed by atoms with Crippen molar-refractivity contribution in [3.63, 3.8) is 0 Å². The van der Waals surface area contributed by atoms with Gasteiger partial charge in [-0.1, -0.05) is 30.3 Å². The van der Waals surface area contributed by atoms with Gasteiger partial charge in [-0.25, -0.2) is 0 Å². The van der Waals surface area contributed by atoms with Gasteiger partial charge in [-0.05, 0) is 18.4 Å². The molecule has 2 aromatic rings. The van der Waals surface area contributed by atoms with Crippen molar-refractivity contribution in [3.05, 3.63) is 51.8 Å². The number of amides is 1. The molecule has 0 aliphatic carbocycles. The third-order valence-electron chi connectivity index (χ3n) is 3.42. The van der Waals surface area contributed by atoms with E-state index in [9.17, 15) is 9.59 Å². The van der Waals surface area contributed by atoms with E-state index in [1.165, 1.54) is 0 Å². The van der Waals surface area contributed by atoms with Crippen molar-refractivity contribution < 1.29 is 4.79 Å². The lowest BCUT2D eigenvalue weighted by atomic mass is 9.90. The van der Waals surface area contributed by atoms with Crippen LogP contribution in [0, 0.1) is 5.92 Å². The third kappa shape index (κ3) is 2.27. The number of benzene rings is 1. The Morgan fingerprint density at radius 3 is 2.75 bits per heavy atom. The van der Waals surface area contributed by atoms with Crippen LogP contribution in [-0.2, 0) is 17.6 Å². The molecule has 6 heteroatoms. The van der Waals surface area contributed by atoms with Gasteiger partial charge in [-0.3, -0.25) is 14.6 Å². The van der Waals surface area contributed by atoms with Crippen LogP contribution in [0.15, 0.2) is 35.1 Å². The monoisotopic (exact) mass is 270 g/mol. The van der Waals surface area contributed by atoms with E-state index in [0.717, 1.165) is 5.56 Å². The predicted octanol–water partition coefficient (Wildman–Crippen LogP) is 0.706. The van der Waals surface area contributed by atoms with Gasteiger partial charge < -0.3 is 11.1 Å². The number of H-pyrrole nitrogens is 1. The van der Waals surface area contributed by atoms with E-state index >= 15 is 0 Å². The first-order chi connectivity index (χ1) is 9.63. The molecule has 102 valence electrons. The minimum atomic E-state index is -0.287. The molecule has 1 aliphatic rings. The molecule has 1 unspecified atom stereocenters. The summed E-state index contributed by atoms with van der Waals surface area (Å²) in [5, 5.41) is 2.66. The molecule has 1 amide bonds. The fraction of sp³-hybridized carbons (Fsp3) is 0.214. The standard InChI is InChI=1S/C14H14N4O2/c15-14-17-11-10(13(20)18-14)7-9(12(19)16-11)6-8-4-2-1-3-5-8/h1-5,9H,6-7H2,(H4,15,16,17,18,19,20). The quantitative estimate of drug-likeness (QED) is 0.748. The first kappa shape index (κ1) is 12.4. The second-order valence-corrected chi connectivity index (χ2v) is 4.86. The summed E-state index contributed by atoms with van der Waals surface area (Å²) in [4.78, 5) is 30.4. The molecule has 0 bridgehead atoms. The normalized spacial score (nSPS) is 17.4. The lowest BCUT2D eigenvalue weighted by Gasteiger charge is -2.23. The zero-order chi connectivity index (χ0) is 14.1. The van der Waals surface area contributed by atoms with Gasteiger partial charge in [-0.15, -0.1) is 0 Å². The molecule has 1 atom stereocenters. The molecule has 0 saturated heterocycles. The molecular formula is C14H14N4O2. The topological polar surface area (TPSA) is 101 Å². The third-order valence-corrected chi connectivity index (χ3v) is 3.42. The van der Waals surface area contributed by atoms with Gasteiger partial charge in [-0.2, -0.15) is 4.98 Å². The van der Waals surface area contributed by atoms with Crippen LogP contribution in [-0.4, -0.2) is 15.9 Å². The molecule has 0 spiro atoms. The molecule has 6 nitrogen and oxygen atoms in total. The molecule has 0 saturated carbocycles. The second-order valence-electron chi connectivity index (χ2n) is 4.86. The number of carbonyl (C=O) groups excluding carboxylic acids is 1. The van der Waals surface area contributed by atoms with E-state index in [1.807, 2.05) is 30.3 Å². The largest absolute Gasteiger partial charge is 0.369 e. The zero-order valence-electron chi connectivity index (χ0n) is 10.7. The maximum absolute atomic E-state index is 12.1. The number of aromatic nitrogens is 2. The Kier molecular flexibility index (Phi) is 2.98. The first-order valence-corrected chi connectivity index (χ1v) is 6.37. The van der Waals surface area contributed by atoms with Crippen LogP contribution in [0.5, 0.6) is 0 Å². The number of nitrogen functional groups attached to an aromatic ring is 1. The highest BCUT2D eigenvalue weighted by Gasteiger charge is 2.29. The Balaban J connectivity index is 1.89. The van der Waals surface area contributed by atoms with Gasteiger partial charge in [0, 0.05) is 5.92 Å². The molecule has 0 radical (unpaired) electrons. The summed E-state index contributed by atoms with van der Waals surface area (Å²) in [5.74, 6) is -0.105. The van der Waals surface area contributed by atoms with E-state index in [4.69, 9.17) is 5.73 Å². The molecule has 1 aliphatic heterocycles. The molecule has 1 aromatic heterocycles. The minimum absolute atomic E-state index is 0.00978. The molecule has 20 heavy (non-hydrogen) atoms. The summed E-state index contributed by atoms with van der Waals surface area (Å²) in [6.45, 7) is 0. The zero-order valence-corrected chi connectivity index (χ0v) is 10.7. The highest BCUT2D eigenvalue weighted by molar-refractivity contribution is 5.94. The molecular weight excluding hydrogens is 256 g/mol. The summed E-state index contributed by atoms with van der Waals surface area (Å²) in [7, 11) is 0. The average Bonchev–Trinajstić information content (AvgIpc) is 2.41. The number of aromatic amines is 1. The fourth-order valence-electron chi connectivity index (χ4n) is 2.43. The Morgan fingerprint density at radius 1 is 1.25 bits per heavy atom. The maximum Gasteiger partial charge on any atom is 0.257 e. The van der Waals surface area contributed by atoms with Gasteiger partial charge in [0.15, 0.2) is 0 Å². The molecule has 1 aromatic carbocycles. The number of carbonyl (C=O) groups is 1. The Hall–Kier alpha value is -2.63. The van der Waals surface area contributed by atoms with Crippen molar-refractivity contribution in [3.8, 4) is 0 Å². The summed E-state index contributed by atoms with van der Waals surface area (Å²) in [6, 6.07) is 9.72. The van der Waals surface area contributed by atoms with Gasteiger partial charge in [0.05, 0.1) is 5.56 Å². The molecule has 4 N–H and O–H groups in total. The van der Waals surface area contributed by atoms with Crippen LogP contribution in [0.4, 0.5) is 11.8 Å². The van der Waals surface area contributed by atoms with Gasteiger partial charge >= 0.3 is 0 Å². The van der Waals surface area contributed by atoms with Crippen molar-refractivity contribution in [2.45, 2.75) is 12.8 Å². The number of nitrogens with two attached hydrogens (primary N) is 1. The first-order valence-electron chi connectivity index (χ1n) is 6.37. The second kappa shape index (κ2) is 4.80. The number of nitrogens with one attached hydrogen (secondary N) is 2. The van der Waals surface area contributed by atoms with E-state index in [-0.39, 0.29) is 29.2 Å². The van der Waals surface area contributed by atoms with Crippen LogP contribution in [0.2, 0.25) is 0 Å². The highest BCUT2D eigenvalue weighted by atomic mass is 16.2. The van der Waals surface area contributed by atoms with Gasteiger partial charge in [0.1, 0.15) is 5.82 Å². The number of rotatable bonds is 2. The van der Waals surface area contributed by atoms with E-state index < -0.39 is 0 Å². The summed E-state index contributed by atoms with van der Waals surface area (Å²) in [6.07, 6.45) is 0.967. The number of anilines is 2. The van der Waals surface area contributed by atoms with Crippen LogP contribution in [0.1, 0.15) is 11.1 Å². The van der Waals surface area contributed by atoms with Crippen molar-refractivity contribution in [1.29, 1.82) is 0 Å². The van der Waals surface area contributed by atoms with Crippen molar-refractivity contribution in [2.24, 2.45) is 5.92 Å². The lowest BCUT2D eigenvalue weighted by Crippen LogP contribution is -2.36. The van der Waals surface area contributed by atoms with E-state index in [2.05, 4.69) is 15.3 Å². The average molecular weight is 270 g/mol. The highest BCUT2D eigenvalue weighted by Crippen LogP contribution is 2.23. The lowest BCUT2D eigenvalue weighted by molar-refractivity contribution is -0.120. The van der Waals surface area contributed by atoms with E-state index in [0.29, 0.717) is 18.4 Å². The van der Waals surface area contributed by atoms with Crippen molar-refractivity contribution in [1.82, 2.24) is 9.97 Å². The van der Waals surface area contributed by atoms with Crippen LogP contribution in [0.3, 0.4) is 0 Å². The van der Waals surface area contributed by atoms with Crippen LogP contribution < -0.4 is 16.6 Å². The summed E-state index contributed by atoms with van der Waals surface area (Å²) < 4.78 is 0. The summed E-state index contributed by atoms with van der Waals surface area (Å²) in [5.41, 5.74) is 6.73. The predicted molar refractivity (Wildman–Crippen MR) is 75.2 cm³/mol. The molecule has 2 heterocycles. The van der Waals surface area contributed by atoms with Crippen molar-refractivity contribution in [2.75, 3.05) is 11.1 Å². The van der Waals surface area contributed by atoms with Gasteiger partial charge in [0.2, 0.25) is 11.9 Å². The number of fused-ring (bicyclic) bond motifs is 1. The van der Waals surface area contributed by atoms with Crippen LogP contribution in [0.25, 0.3) is 0 Å². The number of hydrogen-bond acceptors (Lipinski definition) is 4. The van der Waals surface area contributed by atoms with Gasteiger partial charge in [0.25, 0.3) is 5.56 Å². The summed E-state index contributed by atoms with van der Waals surface area (Å²) >= 11 is 0. The fourth-order valence-corrected chi connectivity index (χ4v) is 2.43. The van der Waals surface area contributed by atoms with E-state index in [1.54, 1.807) is 0 Å². The Bertz CT molecular complexity index is 709.